The fraction of sp³-hybridized carbons (Fsp3) is 0.750. The maximum Gasteiger partial charge on any atom is 0.326 e. The molecule has 3 amide bonds. The highest BCUT2D eigenvalue weighted by Crippen LogP contribution is 2.04. The van der Waals surface area contributed by atoms with E-state index in [1.807, 2.05) is 0 Å². The summed E-state index contributed by atoms with van der Waals surface area (Å²) in [7, 11) is 0. The summed E-state index contributed by atoms with van der Waals surface area (Å²) in [6.07, 6.45) is -1.00. The molecule has 0 radical (unpaired) electrons. The van der Waals surface area contributed by atoms with Crippen LogP contribution in [0.15, 0.2) is 4.99 Å². The number of aliphatic carboxylic acids is 1. The van der Waals surface area contributed by atoms with Crippen molar-refractivity contribution in [1.82, 2.24) is 16.0 Å². The minimum atomic E-state index is -1.57. The van der Waals surface area contributed by atoms with Crippen molar-refractivity contribution in [3.05, 3.63) is 0 Å². The Hall–Kier alpha value is -3.01. The standard InChI is InChI=1S/C20H40N8O7/c1-10(29)14(17(32)26-13(19(34)35)7-5-9-25-20(23)24)28-18(33)15(11(2)30)27-16(31)12(22)6-3-4-8-21/h10-15,29-30H,3-9,21-22H2,1-2H3,(H,26,32)(H,27,31)(H,28,33)(H,34,35)(H4,23,24,25)/t10-,11-,12+,13+,14+,15+/m1/s1. The first-order valence-electron chi connectivity index (χ1n) is 11.3. The molecule has 0 saturated carbocycles. The number of aliphatic hydroxyl groups is 2. The molecular formula is C20H40N8O7. The number of aliphatic imine (C=N–C) groups is 1. The Labute approximate surface area is 204 Å². The number of nitrogens with two attached hydrogens (primary N) is 4. The zero-order valence-electron chi connectivity index (χ0n) is 20.1. The summed E-state index contributed by atoms with van der Waals surface area (Å²) in [4.78, 5) is 52.9. The average molecular weight is 505 g/mol. The third kappa shape index (κ3) is 12.9. The number of unbranched alkanes of at least 4 members (excludes halogenated alkanes) is 1. The second kappa shape index (κ2) is 16.6. The quantitative estimate of drug-likeness (QED) is 0.0514. The smallest absolute Gasteiger partial charge is 0.326 e. The van der Waals surface area contributed by atoms with E-state index < -0.39 is 60.1 Å². The van der Waals surface area contributed by atoms with E-state index in [1.165, 1.54) is 13.8 Å². The number of amides is 3. The number of guanidine groups is 1. The van der Waals surface area contributed by atoms with Gasteiger partial charge in [-0.3, -0.25) is 19.4 Å². The van der Waals surface area contributed by atoms with Gasteiger partial charge in [0.1, 0.15) is 18.1 Å². The van der Waals surface area contributed by atoms with E-state index in [9.17, 15) is 34.5 Å². The van der Waals surface area contributed by atoms with Gasteiger partial charge >= 0.3 is 5.97 Å². The van der Waals surface area contributed by atoms with Crippen LogP contribution in [0.25, 0.3) is 0 Å². The van der Waals surface area contributed by atoms with Gasteiger partial charge in [-0.1, -0.05) is 6.42 Å². The molecule has 202 valence electrons. The molecule has 0 rings (SSSR count). The first-order chi connectivity index (χ1) is 16.3. The molecule has 0 aliphatic carbocycles. The van der Waals surface area contributed by atoms with Crippen molar-refractivity contribution < 1.29 is 34.5 Å². The Morgan fingerprint density at radius 1 is 0.829 bits per heavy atom. The van der Waals surface area contributed by atoms with Crippen molar-refractivity contribution in [3.63, 3.8) is 0 Å². The second-order valence-corrected chi connectivity index (χ2v) is 8.19. The predicted octanol–water partition coefficient (Wildman–Crippen LogP) is -4.20. The van der Waals surface area contributed by atoms with Crippen LogP contribution in [0.3, 0.4) is 0 Å². The van der Waals surface area contributed by atoms with E-state index in [1.54, 1.807) is 0 Å². The average Bonchev–Trinajstić information content (AvgIpc) is 2.76. The molecule has 0 aromatic heterocycles. The number of nitrogens with zero attached hydrogens (tertiary/aromatic N) is 1. The minimum Gasteiger partial charge on any atom is -0.480 e. The summed E-state index contributed by atoms with van der Waals surface area (Å²) < 4.78 is 0. The number of carboxylic acid groups (broad SMARTS) is 1. The van der Waals surface area contributed by atoms with Gasteiger partial charge in [0.15, 0.2) is 5.96 Å². The third-order valence-corrected chi connectivity index (χ3v) is 4.99. The van der Waals surface area contributed by atoms with E-state index in [0.29, 0.717) is 25.8 Å². The highest BCUT2D eigenvalue weighted by atomic mass is 16.4. The Morgan fingerprint density at radius 2 is 1.34 bits per heavy atom. The first kappa shape index (κ1) is 32.0. The highest BCUT2D eigenvalue weighted by Gasteiger charge is 2.34. The lowest BCUT2D eigenvalue weighted by Crippen LogP contribution is -2.61. The summed E-state index contributed by atoms with van der Waals surface area (Å²) in [5.41, 5.74) is 21.6. The predicted molar refractivity (Wildman–Crippen MR) is 128 cm³/mol. The lowest BCUT2D eigenvalue weighted by molar-refractivity contribution is -0.143. The first-order valence-corrected chi connectivity index (χ1v) is 11.3. The van der Waals surface area contributed by atoms with Crippen LogP contribution in [0.2, 0.25) is 0 Å². The van der Waals surface area contributed by atoms with Crippen molar-refractivity contribution in [2.75, 3.05) is 13.1 Å². The van der Waals surface area contributed by atoms with Crippen LogP contribution in [0, 0.1) is 0 Å². The largest absolute Gasteiger partial charge is 0.480 e. The van der Waals surface area contributed by atoms with Gasteiger partial charge in [-0.15, -0.1) is 0 Å². The van der Waals surface area contributed by atoms with Crippen molar-refractivity contribution in [2.24, 2.45) is 27.9 Å². The van der Waals surface area contributed by atoms with E-state index in [4.69, 9.17) is 22.9 Å². The molecule has 0 aromatic carbocycles. The molecule has 35 heavy (non-hydrogen) atoms. The van der Waals surface area contributed by atoms with Gasteiger partial charge in [0.25, 0.3) is 0 Å². The zero-order chi connectivity index (χ0) is 27.1. The maximum absolute atomic E-state index is 12.7. The van der Waals surface area contributed by atoms with Crippen molar-refractivity contribution in [3.8, 4) is 0 Å². The number of hydrogen-bond acceptors (Lipinski definition) is 9. The van der Waals surface area contributed by atoms with Gasteiger partial charge in [-0.05, 0) is 46.1 Å². The van der Waals surface area contributed by atoms with Gasteiger partial charge in [-0.2, -0.15) is 0 Å². The molecule has 0 saturated heterocycles. The minimum absolute atomic E-state index is 0.0211. The third-order valence-electron chi connectivity index (χ3n) is 4.99. The van der Waals surface area contributed by atoms with E-state index in [0.717, 1.165) is 0 Å². The van der Waals surface area contributed by atoms with Crippen LogP contribution >= 0.6 is 0 Å². The lowest BCUT2D eigenvalue weighted by atomic mass is 10.1. The fourth-order valence-corrected chi connectivity index (χ4v) is 2.98. The van der Waals surface area contributed by atoms with Crippen LogP contribution in [0.4, 0.5) is 0 Å². The molecule has 15 heteroatoms. The number of aliphatic hydroxyl groups excluding tert-OH is 2. The molecule has 0 bridgehead atoms. The van der Waals surface area contributed by atoms with E-state index in [-0.39, 0.29) is 25.3 Å². The summed E-state index contributed by atoms with van der Waals surface area (Å²) in [6, 6.07) is -5.33. The topological polar surface area (TPSA) is 282 Å². The van der Waals surface area contributed by atoms with Gasteiger partial charge in [0.05, 0.1) is 18.2 Å². The van der Waals surface area contributed by atoms with Crippen LogP contribution in [0.5, 0.6) is 0 Å². The summed E-state index contributed by atoms with van der Waals surface area (Å²) in [5, 5.41) is 36.2. The zero-order valence-corrected chi connectivity index (χ0v) is 20.1. The summed E-state index contributed by atoms with van der Waals surface area (Å²) >= 11 is 0. The second-order valence-electron chi connectivity index (χ2n) is 8.19. The van der Waals surface area contributed by atoms with Crippen LogP contribution < -0.4 is 38.9 Å². The molecule has 0 fully saturated rings. The Morgan fingerprint density at radius 3 is 1.80 bits per heavy atom. The van der Waals surface area contributed by atoms with Crippen molar-refractivity contribution >= 4 is 29.7 Å². The van der Waals surface area contributed by atoms with Crippen LogP contribution in [0.1, 0.15) is 46.0 Å². The molecule has 0 aliphatic heterocycles. The van der Waals surface area contributed by atoms with Gasteiger partial charge < -0.3 is 54.2 Å². The van der Waals surface area contributed by atoms with E-state index >= 15 is 0 Å². The summed E-state index contributed by atoms with van der Waals surface area (Å²) in [6.45, 7) is 3.04. The maximum atomic E-state index is 12.7. The molecule has 0 aliphatic rings. The monoisotopic (exact) mass is 504 g/mol. The Kier molecular flexibility index (Phi) is 15.2. The molecule has 14 N–H and O–H groups in total. The van der Waals surface area contributed by atoms with Gasteiger partial charge in [0.2, 0.25) is 17.7 Å². The van der Waals surface area contributed by atoms with Gasteiger partial charge in [0, 0.05) is 6.54 Å². The molecular weight excluding hydrogens is 464 g/mol. The number of rotatable bonds is 17. The highest BCUT2D eigenvalue weighted by molar-refractivity contribution is 5.94. The molecule has 0 spiro atoms. The van der Waals surface area contributed by atoms with Crippen molar-refractivity contribution in [2.45, 2.75) is 82.3 Å². The Balaban J connectivity index is 5.23. The molecule has 15 nitrogen and oxygen atoms in total. The number of carbonyl (C=O) groups excluding carboxylic acids is 3. The summed E-state index contributed by atoms with van der Waals surface area (Å²) in [5.74, 6) is -4.13. The van der Waals surface area contributed by atoms with Crippen LogP contribution in [-0.4, -0.2) is 94.4 Å². The van der Waals surface area contributed by atoms with E-state index in [2.05, 4.69) is 20.9 Å². The molecule has 0 heterocycles. The number of carboxylic acids is 1. The number of nitrogens with one attached hydrogen (secondary N) is 3. The fourth-order valence-electron chi connectivity index (χ4n) is 2.98. The van der Waals surface area contributed by atoms with Gasteiger partial charge in [-0.25, -0.2) is 4.79 Å². The molecule has 6 atom stereocenters. The SMILES string of the molecule is C[C@@H](O)[C@H](NC(=O)[C@@H](NC(=O)[C@@H](N)CCCCN)[C@@H](C)O)C(=O)N[C@@H](CCCN=C(N)N)C(=O)O. The molecule has 0 aromatic rings. The Bertz CT molecular complexity index is 728. The lowest BCUT2D eigenvalue weighted by Gasteiger charge is -2.27. The van der Waals surface area contributed by atoms with Crippen molar-refractivity contribution in [1.29, 1.82) is 0 Å². The number of hydrogen-bond donors (Lipinski definition) is 10. The number of carbonyl (C=O) groups is 4. The normalized spacial score (nSPS) is 16.1. The molecule has 0 unspecified atom stereocenters. The van der Waals surface area contributed by atoms with Crippen LogP contribution in [-0.2, 0) is 19.2 Å².